The van der Waals surface area contributed by atoms with E-state index in [2.05, 4.69) is 41.0 Å². The molecular formula is C22H27FN4O. The van der Waals surface area contributed by atoms with E-state index in [0.717, 1.165) is 47.7 Å². The molecule has 6 heteroatoms. The maximum atomic E-state index is 13.0. The minimum Gasteiger partial charge on any atom is -0.489 e. The van der Waals surface area contributed by atoms with Crippen LogP contribution in [0.1, 0.15) is 26.3 Å². The molecule has 1 aromatic heterocycles. The number of halogens is 1. The Balaban J connectivity index is 1.70. The van der Waals surface area contributed by atoms with Crippen LogP contribution in [0.4, 0.5) is 10.2 Å². The Morgan fingerprint density at radius 2 is 1.82 bits per heavy atom. The molecule has 2 aromatic carbocycles. The molecule has 1 heterocycles. The Kier molecular flexibility index (Phi) is 6.76. The van der Waals surface area contributed by atoms with Gasteiger partial charge in [0.1, 0.15) is 30.3 Å². The number of hydrogen-bond acceptors (Lipinski definition) is 5. The average molecular weight is 382 g/mol. The molecule has 3 rings (SSSR count). The molecule has 1 atom stereocenters. The van der Waals surface area contributed by atoms with Crippen LogP contribution in [0.3, 0.4) is 0 Å². The minimum atomic E-state index is -0.249. The van der Waals surface area contributed by atoms with Crippen molar-refractivity contribution in [1.29, 1.82) is 0 Å². The van der Waals surface area contributed by atoms with Crippen LogP contribution in [0.15, 0.2) is 48.8 Å². The van der Waals surface area contributed by atoms with Crippen LogP contribution < -0.4 is 10.1 Å². The minimum absolute atomic E-state index is 0.249. The first kappa shape index (κ1) is 20.0. The van der Waals surface area contributed by atoms with Gasteiger partial charge in [-0.3, -0.25) is 0 Å². The molecule has 1 unspecified atom stereocenters. The molecule has 0 spiro atoms. The van der Waals surface area contributed by atoms with E-state index >= 15 is 0 Å². The average Bonchev–Trinajstić information content (AvgIpc) is 2.71. The second-order valence-corrected chi connectivity index (χ2v) is 6.85. The number of likely N-dealkylation sites (N-methyl/N-ethyl adjacent to an activating group) is 1. The molecule has 28 heavy (non-hydrogen) atoms. The van der Waals surface area contributed by atoms with E-state index in [-0.39, 0.29) is 11.9 Å². The van der Waals surface area contributed by atoms with Gasteiger partial charge >= 0.3 is 0 Å². The van der Waals surface area contributed by atoms with Crippen molar-refractivity contribution in [3.63, 3.8) is 0 Å². The summed E-state index contributed by atoms with van der Waals surface area (Å²) in [5, 5.41) is 4.46. The molecule has 0 fully saturated rings. The summed E-state index contributed by atoms with van der Waals surface area (Å²) in [6.45, 7) is 9.89. The quantitative estimate of drug-likeness (QED) is 0.591. The van der Waals surface area contributed by atoms with Gasteiger partial charge < -0.3 is 15.0 Å². The molecule has 0 aliphatic carbocycles. The number of nitrogens with one attached hydrogen (secondary N) is 1. The fourth-order valence-electron chi connectivity index (χ4n) is 3.14. The monoisotopic (exact) mass is 382 g/mol. The Morgan fingerprint density at radius 3 is 2.54 bits per heavy atom. The number of anilines is 1. The normalized spacial score (nSPS) is 12.3. The number of hydrogen-bond donors (Lipinski definition) is 1. The van der Waals surface area contributed by atoms with Crippen LogP contribution >= 0.6 is 0 Å². The fraction of sp³-hybridized carbons (Fsp3) is 0.364. The van der Waals surface area contributed by atoms with Crippen LogP contribution in [-0.2, 0) is 6.61 Å². The summed E-state index contributed by atoms with van der Waals surface area (Å²) in [6.07, 6.45) is 1.57. The Morgan fingerprint density at radius 1 is 1.07 bits per heavy atom. The summed E-state index contributed by atoms with van der Waals surface area (Å²) in [5.74, 6) is 1.30. The van der Waals surface area contributed by atoms with E-state index in [1.807, 2.05) is 18.2 Å². The molecule has 5 nitrogen and oxygen atoms in total. The van der Waals surface area contributed by atoms with Gasteiger partial charge in [-0.05, 0) is 49.8 Å². The zero-order chi connectivity index (χ0) is 19.9. The Bertz CT molecular complexity index is 897. The summed E-state index contributed by atoms with van der Waals surface area (Å²) >= 11 is 0. The summed E-state index contributed by atoms with van der Waals surface area (Å²) in [7, 11) is 0. The van der Waals surface area contributed by atoms with E-state index < -0.39 is 0 Å². The van der Waals surface area contributed by atoms with E-state index in [1.165, 1.54) is 12.1 Å². The van der Waals surface area contributed by atoms with Crippen LogP contribution in [0, 0.1) is 5.82 Å². The van der Waals surface area contributed by atoms with Crippen molar-refractivity contribution in [3.05, 3.63) is 60.2 Å². The number of ether oxygens (including phenoxy) is 1. The first-order chi connectivity index (χ1) is 13.6. The molecule has 0 bridgehead atoms. The largest absolute Gasteiger partial charge is 0.489 e. The van der Waals surface area contributed by atoms with Gasteiger partial charge in [0, 0.05) is 24.0 Å². The number of fused-ring (bicyclic) bond motifs is 1. The maximum Gasteiger partial charge on any atom is 0.137 e. The van der Waals surface area contributed by atoms with Crippen molar-refractivity contribution in [1.82, 2.24) is 14.9 Å². The highest BCUT2D eigenvalue weighted by Gasteiger charge is 2.11. The number of aromatic nitrogens is 2. The van der Waals surface area contributed by atoms with Crippen molar-refractivity contribution in [2.75, 3.05) is 25.0 Å². The van der Waals surface area contributed by atoms with Crippen molar-refractivity contribution in [2.45, 2.75) is 33.4 Å². The molecule has 0 saturated heterocycles. The first-order valence-corrected chi connectivity index (χ1v) is 9.70. The predicted octanol–water partition coefficient (Wildman–Crippen LogP) is 4.49. The molecule has 0 aliphatic rings. The highest BCUT2D eigenvalue weighted by molar-refractivity contribution is 5.89. The van der Waals surface area contributed by atoms with Gasteiger partial charge in [0.05, 0.1) is 5.52 Å². The van der Waals surface area contributed by atoms with Crippen LogP contribution in [-0.4, -0.2) is 40.5 Å². The highest BCUT2D eigenvalue weighted by atomic mass is 19.1. The van der Waals surface area contributed by atoms with Crippen LogP contribution in [0.5, 0.6) is 5.75 Å². The summed E-state index contributed by atoms with van der Waals surface area (Å²) in [5.41, 5.74) is 1.74. The Hall–Kier alpha value is -2.73. The maximum absolute atomic E-state index is 13.0. The lowest BCUT2D eigenvalue weighted by Gasteiger charge is -2.24. The van der Waals surface area contributed by atoms with E-state index in [0.29, 0.717) is 6.61 Å². The van der Waals surface area contributed by atoms with Gasteiger partial charge in [-0.15, -0.1) is 0 Å². The third-order valence-corrected chi connectivity index (χ3v) is 4.74. The van der Waals surface area contributed by atoms with Gasteiger partial charge in [0.15, 0.2) is 0 Å². The summed E-state index contributed by atoms with van der Waals surface area (Å²) in [6, 6.07) is 12.4. The van der Waals surface area contributed by atoms with Crippen molar-refractivity contribution in [3.8, 4) is 5.75 Å². The van der Waals surface area contributed by atoms with Gasteiger partial charge in [0.2, 0.25) is 0 Å². The second kappa shape index (κ2) is 9.46. The smallest absolute Gasteiger partial charge is 0.137 e. The van der Waals surface area contributed by atoms with Gasteiger partial charge in [0.25, 0.3) is 0 Å². The third-order valence-electron chi connectivity index (χ3n) is 4.74. The second-order valence-electron chi connectivity index (χ2n) is 6.85. The zero-order valence-electron chi connectivity index (χ0n) is 16.7. The topological polar surface area (TPSA) is 50.3 Å². The van der Waals surface area contributed by atoms with E-state index in [4.69, 9.17) is 4.74 Å². The van der Waals surface area contributed by atoms with Crippen LogP contribution in [0.2, 0.25) is 0 Å². The fourth-order valence-corrected chi connectivity index (χ4v) is 3.14. The third kappa shape index (κ3) is 5.16. The molecule has 0 saturated carbocycles. The standard InChI is InChI=1S/C22H27FN4O/c1-4-27(5-2)13-16(3)26-22-20-11-10-19(12-21(20)24-15-25-22)28-14-17-6-8-18(23)9-7-17/h6-12,15-16H,4-5,13-14H2,1-3H3,(H,24,25,26). The number of rotatable bonds is 9. The molecule has 3 aromatic rings. The lowest BCUT2D eigenvalue weighted by molar-refractivity contribution is 0.294. The molecule has 148 valence electrons. The zero-order valence-corrected chi connectivity index (χ0v) is 16.7. The molecule has 0 aliphatic heterocycles. The van der Waals surface area contributed by atoms with Gasteiger partial charge in [-0.2, -0.15) is 0 Å². The van der Waals surface area contributed by atoms with Crippen molar-refractivity contribution < 1.29 is 9.13 Å². The number of benzene rings is 2. The van der Waals surface area contributed by atoms with Gasteiger partial charge in [-0.1, -0.05) is 26.0 Å². The molecule has 0 amide bonds. The SMILES string of the molecule is CCN(CC)CC(C)Nc1ncnc2cc(OCc3ccc(F)cc3)ccc12. The first-order valence-electron chi connectivity index (χ1n) is 9.70. The molecule has 0 radical (unpaired) electrons. The Labute approximate surface area is 165 Å². The highest BCUT2D eigenvalue weighted by Crippen LogP contribution is 2.25. The lowest BCUT2D eigenvalue weighted by Crippen LogP contribution is -2.35. The molecular weight excluding hydrogens is 355 g/mol. The van der Waals surface area contributed by atoms with Crippen molar-refractivity contribution >= 4 is 16.7 Å². The van der Waals surface area contributed by atoms with E-state index in [1.54, 1.807) is 18.5 Å². The number of nitrogens with zero attached hydrogens (tertiary/aromatic N) is 3. The van der Waals surface area contributed by atoms with Crippen LogP contribution in [0.25, 0.3) is 10.9 Å². The predicted molar refractivity (Wildman–Crippen MR) is 111 cm³/mol. The summed E-state index contributed by atoms with van der Waals surface area (Å²) in [4.78, 5) is 11.2. The van der Waals surface area contributed by atoms with Gasteiger partial charge in [-0.25, -0.2) is 14.4 Å². The lowest BCUT2D eigenvalue weighted by atomic mass is 10.2. The van der Waals surface area contributed by atoms with E-state index in [9.17, 15) is 4.39 Å². The summed E-state index contributed by atoms with van der Waals surface area (Å²) < 4.78 is 18.8. The molecule has 1 N–H and O–H groups in total. The van der Waals surface area contributed by atoms with Crippen molar-refractivity contribution in [2.24, 2.45) is 0 Å².